The number of aromatic nitrogens is 3. The first-order chi connectivity index (χ1) is 31.2. The molecule has 0 aliphatic carbocycles. The Morgan fingerprint density at radius 3 is 1.06 bits per heavy atom. The lowest BCUT2D eigenvalue weighted by atomic mass is 10.00. The summed E-state index contributed by atoms with van der Waals surface area (Å²) in [6, 6.07) is 86.5. The Balaban J connectivity index is 1.04. The fourth-order valence-corrected chi connectivity index (χ4v) is 10.1. The summed E-state index contributed by atoms with van der Waals surface area (Å²) in [6.45, 7) is 0. The molecule has 0 amide bonds. The molecule has 0 saturated heterocycles. The van der Waals surface area contributed by atoms with Gasteiger partial charge in [-0.1, -0.05) is 152 Å². The van der Waals surface area contributed by atoms with E-state index in [0.717, 1.165) is 17.1 Å². The monoisotopic (exact) mass is 801 g/mol. The molecule has 0 aliphatic heterocycles. The molecule has 3 nitrogen and oxygen atoms in total. The van der Waals surface area contributed by atoms with Gasteiger partial charge in [-0.05, 0) is 118 Å². The van der Waals surface area contributed by atoms with E-state index in [-0.39, 0.29) is 0 Å². The minimum absolute atomic E-state index is 1.14. The Kier molecular flexibility index (Phi) is 7.91. The van der Waals surface area contributed by atoms with Crippen LogP contribution in [0.3, 0.4) is 0 Å². The molecule has 13 rings (SSSR count). The fraction of sp³-hybridized carbons (Fsp3) is 0. The molecule has 13 aromatic rings. The maximum atomic E-state index is 2.47. The molecule has 3 aromatic heterocycles. The molecule has 0 bridgehead atoms. The highest BCUT2D eigenvalue weighted by Crippen LogP contribution is 2.42. The van der Waals surface area contributed by atoms with Crippen LogP contribution in [-0.4, -0.2) is 13.7 Å². The standard InChI is InChI=1S/C60H39N3/c1-4-16-40(17-5-1)42-20-14-24-47(34-42)62-56-29-13-10-26-49(56)51-36-44(30-32-57(51)62)45-31-33-58-52(37-45)54-38-53-50-27-11-12-28-55(50)61(46-22-8-3-9-23-46)59(53)39-60(54)63(58)48-25-15-21-43(35-48)41-18-6-2-7-19-41/h1-39H. The maximum absolute atomic E-state index is 2.47. The van der Waals surface area contributed by atoms with E-state index in [0.29, 0.717) is 0 Å². The van der Waals surface area contributed by atoms with Crippen molar-refractivity contribution < 1.29 is 0 Å². The lowest BCUT2D eigenvalue weighted by Crippen LogP contribution is -1.96. The number of nitrogens with zero attached hydrogens (tertiary/aromatic N) is 3. The van der Waals surface area contributed by atoms with Crippen LogP contribution in [0.4, 0.5) is 0 Å². The van der Waals surface area contributed by atoms with E-state index in [1.165, 1.54) is 98.8 Å². The van der Waals surface area contributed by atoms with E-state index >= 15 is 0 Å². The van der Waals surface area contributed by atoms with Gasteiger partial charge in [0.25, 0.3) is 0 Å². The Bertz CT molecular complexity index is 3890. The molecule has 0 aliphatic rings. The SMILES string of the molecule is c1ccc(-c2cccc(-n3c4ccccc4c4cc(-c5ccc6c(c5)c5cc7c8ccccc8n(-c8ccccc8)c7cc5n6-c5cccc(-c6ccccc6)c5)ccc43)c2)cc1. The summed E-state index contributed by atoms with van der Waals surface area (Å²) in [5.74, 6) is 0. The minimum atomic E-state index is 1.14. The van der Waals surface area contributed by atoms with Crippen LogP contribution in [0.15, 0.2) is 237 Å². The second kappa shape index (κ2) is 14.1. The van der Waals surface area contributed by atoms with Gasteiger partial charge in [-0.3, -0.25) is 0 Å². The summed E-state index contributed by atoms with van der Waals surface area (Å²) in [5, 5.41) is 7.44. The molecular formula is C60H39N3. The summed E-state index contributed by atoms with van der Waals surface area (Å²) in [7, 11) is 0. The summed E-state index contributed by atoms with van der Waals surface area (Å²) < 4.78 is 7.30. The average molecular weight is 802 g/mol. The van der Waals surface area contributed by atoms with Crippen LogP contribution in [-0.2, 0) is 0 Å². The molecule has 10 aromatic carbocycles. The number of hydrogen-bond donors (Lipinski definition) is 0. The van der Waals surface area contributed by atoms with E-state index in [1.54, 1.807) is 0 Å². The number of fused-ring (bicyclic) bond motifs is 9. The topological polar surface area (TPSA) is 14.8 Å². The maximum Gasteiger partial charge on any atom is 0.0562 e. The number of para-hydroxylation sites is 3. The zero-order valence-corrected chi connectivity index (χ0v) is 34.4. The molecule has 0 N–H and O–H groups in total. The zero-order chi connectivity index (χ0) is 41.4. The first-order valence-corrected chi connectivity index (χ1v) is 21.7. The van der Waals surface area contributed by atoms with E-state index in [2.05, 4.69) is 250 Å². The zero-order valence-electron chi connectivity index (χ0n) is 34.4. The van der Waals surface area contributed by atoms with Gasteiger partial charge in [-0.25, -0.2) is 0 Å². The molecule has 0 saturated carbocycles. The van der Waals surface area contributed by atoms with E-state index in [9.17, 15) is 0 Å². The fourth-order valence-electron chi connectivity index (χ4n) is 10.1. The van der Waals surface area contributed by atoms with Crippen molar-refractivity contribution in [2.45, 2.75) is 0 Å². The van der Waals surface area contributed by atoms with Crippen molar-refractivity contribution in [1.82, 2.24) is 13.7 Å². The van der Waals surface area contributed by atoms with Crippen molar-refractivity contribution in [2.75, 3.05) is 0 Å². The molecule has 0 fully saturated rings. The summed E-state index contributed by atoms with van der Waals surface area (Å²) in [5.41, 5.74) is 17.8. The molecular weight excluding hydrogens is 763 g/mol. The van der Waals surface area contributed by atoms with Gasteiger partial charge in [0, 0.05) is 49.4 Å². The van der Waals surface area contributed by atoms with Crippen LogP contribution >= 0.6 is 0 Å². The summed E-state index contributed by atoms with van der Waals surface area (Å²) in [6.07, 6.45) is 0. The quantitative estimate of drug-likeness (QED) is 0.159. The van der Waals surface area contributed by atoms with Crippen molar-refractivity contribution in [1.29, 1.82) is 0 Å². The molecule has 63 heavy (non-hydrogen) atoms. The predicted molar refractivity (Wildman–Crippen MR) is 266 cm³/mol. The van der Waals surface area contributed by atoms with Gasteiger partial charge in [-0.15, -0.1) is 0 Å². The van der Waals surface area contributed by atoms with Gasteiger partial charge >= 0.3 is 0 Å². The van der Waals surface area contributed by atoms with Gasteiger partial charge in [0.15, 0.2) is 0 Å². The number of benzene rings is 10. The summed E-state index contributed by atoms with van der Waals surface area (Å²) >= 11 is 0. The lowest BCUT2D eigenvalue weighted by Gasteiger charge is -2.12. The Morgan fingerprint density at radius 1 is 0.175 bits per heavy atom. The Hall–Kier alpha value is -8.40. The number of hydrogen-bond acceptors (Lipinski definition) is 0. The third-order valence-electron chi connectivity index (χ3n) is 13.0. The first kappa shape index (κ1) is 35.4. The smallest absolute Gasteiger partial charge is 0.0562 e. The Labute approximate surface area is 364 Å². The molecule has 0 unspecified atom stereocenters. The van der Waals surface area contributed by atoms with Crippen molar-refractivity contribution in [3.05, 3.63) is 237 Å². The van der Waals surface area contributed by atoms with Crippen LogP contribution < -0.4 is 0 Å². The molecule has 0 radical (unpaired) electrons. The van der Waals surface area contributed by atoms with Crippen molar-refractivity contribution in [2.24, 2.45) is 0 Å². The Morgan fingerprint density at radius 2 is 0.524 bits per heavy atom. The predicted octanol–water partition coefficient (Wildman–Crippen LogP) is 16.0. The molecule has 0 atom stereocenters. The van der Waals surface area contributed by atoms with Crippen molar-refractivity contribution in [3.63, 3.8) is 0 Å². The highest BCUT2D eigenvalue weighted by molar-refractivity contribution is 6.20. The van der Waals surface area contributed by atoms with Gasteiger partial charge in [0.05, 0.1) is 33.1 Å². The van der Waals surface area contributed by atoms with Gasteiger partial charge < -0.3 is 13.7 Å². The van der Waals surface area contributed by atoms with Crippen LogP contribution in [0.2, 0.25) is 0 Å². The van der Waals surface area contributed by atoms with Crippen molar-refractivity contribution in [3.8, 4) is 50.4 Å². The lowest BCUT2D eigenvalue weighted by molar-refractivity contribution is 1.16. The normalized spacial score (nSPS) is 11.8. The van der Waals surface area contributed by atoms with Gasteiger partial charge in [-0.2, -0.15) is 0 Å². The second-order valence-electron chi connectivity index (χ2n) is 16.6. The third kappa shape index (κ3) is 5.60. The largest absolute Gasteiger partial charge is 0.309 e. The highest BCUT2D eigenvalue weighted by Gasteiger charge is 2.20. The average Bonchev–Trinajstić information content (AvgIpc) is 3.99. The molecule has 0 spiro atoms. The van der Waals surface area contributed by atoms with Crippen LogP contribution in [0.25, 0.3) is 116 Å². The molecule has 3 heterocycles. The third-order valence-corrected chi connectivity index (χ3v) is 13.0. The van der Waals surface area contributed by atoms with Gasteiger partial charge in [0.1, 0.15) is 0 Å². The molecule has 3 heteroatoms. The first-order valence-electron chi connectivity index (χ1n) is 21.7. The molecule has 294 valence electrons. The summed E-state index contributed by atoms with van der Waals surface area (Å²) in [4.78, 5) is 0. The second-order valence-corrected chi connectivity index (χ2v) is 16.6. The van der Waals surface area contributed by atoms with E-state index in [1.807, 2.05) is 0 Å². The van der Waals surface area contributed by atoms with Crippen LogP contribution in [0.5, 0.6) is 0 Å². The van der Waals surface area contributed by atoms with Crippen LogP contribution in [0, 0.1) is 0 Å². The minimum Gasteiger partial charge on any atom is -0.309 e. The number of rotatable bonds is 6. The van der Waals surface area contributed by atoms with Gasteiger partial charge in [0.2, 0.25) is 0 Å². The van der Waals surface area contributed by atoms with E-state index < -0.39 is 0 Å². The van der Waals surface area contributed by atoms with Crippen molar-refractivity contribution >= 4 is 65.4 Å². The highest BCUT2D eigenvalue weighted by atomic mass is 15.0. The van der Waals surface area contributed by atoms with Crippen LogP contribution in [0.1, 0.15) is 0 Å². The van der Waals surface area contributed by atoms with E-state index in [4.69, 9.17) is 0 Å².